The minimum absolute atomic E-state index is 0.706. The van der Waals surface area contributed by atoms with Crippen molar-refractivity contribution in [3.63, 3.8) is 0 Å². The number of benzene rings is 2. The Hall–Kier alpha value is -1.86. The van der Waals surface area contributed by atoms with Gasteiger partial charge in [-0.15, -0.1) is 0 Å². The highest BCUT2D eigenvalue weighted by Gasteiger charge is 1.99. The first kappa shape index (κ1) is 12.6. The molecule has 92 valence electrons. The fourth-order valence-electron chi connectivity index (χ4n) is 1.99. The minimum Gasteiger partial charge on any atom is -0.330 e. The summed E-state index contributed by atoms with van der Waals surface area (Å²) >= 11 is 0. The van der Waals surface area contributed by atoms with Gasteiger partial charge in [0.05, 0.1) is 0 Å². The first-order chi connectivity index (χ1) is 8.81. The van der Waals surface area contributed by atoms with Crippen LogP contribution in [0, 0.1) is 6.92 Å². The molecule has 0 fully saturated rings. The van der Waals surface area contributed by atoms with Gasteiger partial charge in [0.1, 0.15) is 0 Å². The predicted octanol–water partition coefficient (Wildman–Crippen LogP) is 4.02. The van der Waals surface area contributed by atoms with Gasteiger partial charge in [-0.25, -0.2) is 0 Å². The molecule has 1 heteroatoms. The third-order valence-corrected chi connectivity index (χ3v) is 3.01. The zero-order valence-corrected chi connectivity index (χ0v) is 10.8. The maximum atomic E-state index is 5.46. The van der Waals surface area contributed by atoms with E-state index in [2.05, 4.69) is 67.6 Å². The first-order valence-corrected chi connectivity index (χ1v) is 6.34. The quantitative estimate of drug-likeness (QED) is 0.853. The SMILES string of the molecule is Cc1ccccc1-c1ccc(/C=C/CCN)cc1. The maximum Gasteiger partial charge on any atom is -0.00425 e. The lowest BCUT2D eigenvalue weighted by molar-refractivity contribution is 1.01. The molecule has 0 saturated carbocycles. The third kappa shape index (κ3) is 3.08. The van der Waals surface area contributed by atoms with Crippen molar-refractivity contribution in [2.24, 2.45) is 5.73 Å². The molecule has 2 aromatic rings. The number of rotatable bonds is 4. The summed E-state index contributed by atoms with van der Waals surface area (Å²) in [6.07, 6.45) is 5.16. The molecule has 0 aromatic heterocycles. The Morgan fingerprint density at radius 3 is 2.39 bits per heavy atom. The monoisotopic (exact) mass is 237 g/mol. The van der Waals surface area contributed by atoms with Gasteiger partial charge in [-0.2, -0.15) is 0 Å². The lowest BCUT2D eigenvalue weighted by Crippen LogP contribution is -1.94. The summed E-state index contributed by atoms with van der Waals surface area (Å²) in [6, 6.07) is 17.1. The molecule has 0 saturated heterocycles. The van der Waals surface area contributed by atoms with E-state index in [1.54, 1.807) is 0 Å². The van der Waals surface area contributed by atoms with E-state index in [4.69, 9.17) is 5.73 Å². The van der Waals surface area contributed by atoms with Gasteiger partial charge >= 0.3 is 0 Å². The molecule has 0 radical (unpaired) electrons. The van der Waals surface area contributed by atoms with Crippen molar-refractivity contribution < 1.29 is 0 Å². The Labute approximate surface area is 109 Å². The molecule has 2 rings (SSSR count). The van der Waals surface area contributed by atoms with Crippen LogP contribution >= 0.6 is 0 Å². The zero-order chi connectivity index (χ0) is 12.8. The Kier molecular flexibility index (Phi) is 4.32. The molecule has 0 aliphatic rings. The molecule has 2 N–H and O–H groups in total. The highest BCUT2D eigenvalue weighted by molar-refractivity contribution is 5.68. The number of nitrogens with two attached hydrogens (primary N) is 1. The summed E-state index contributed by atoms with van der Waals surface area (Å²) in [4.78, 5) is 0. The van der Waals surface area contributed by atoms with E-state index in [0.29, 0.717) is 6.54 Å². The van der Waals surface area contributed by atoms with Crippen LogP contribution in [-0.4, -0.2) is 6.54 Å². The van der Waals surface area contributed by atoms with Crippen molar-refractivity contribution in [2.45, 2.75) is 13.3 Å². The predicted molar refractivity (Wildman–Crippen MR) is 79.3 cm³/mol. The van der Waals surface area contributed by atoms with Crippen molar-refractivity contribution in [1.29, 1.82) is 0 Å². The number of hydrogen-bond donors (Lipinski definition) is 1. The molecule has 0 unspecified atom stereocenters. The van der Waals surface area contributed by atoms with Gasteiger partial charge in [-0.3, -0.25) is 0 Å². The fraction of sp³-hybridized carbons (Fsp3) is 0.176. The third-order valence-electron chi connectivity index (χ3n) is 3.01. The molecule has 0 aliphatic heterocycles. The standard InChI is InChI=1S/C17H19N/c1-14-6-2-3-8-17(14)16-11-9-15(10-12-16)7-4-5-13-18/h2-4,6-12H,5,13,18H2,1H3/b7-4+. The van der Waals surface area contributed by atoms with Gasteiger partial charge in [-0.05, 0) is 42.1 Å². The molecule has 0 spiro atoms. The van der Waals surface area contributed by atoms with Gasteiger partial charge in [0.25, 0.3) is 0 Å². The van der Waals surface area contributed by atoms with Gasteiger partial charge in [-0.1, -0.05) is 60.7 Å². The van der Waals surface area contributed by atoms with Crippen molar-refractivity contribution in [2.75, 3.05) is 6.54 Å². The Morgan fingerprint density at radius 1 is 1.00 bits per heavy atom. The lowest BCUT2D eigenvalue weighted by atomic mass is 9.99. The normalized spacial score (nSPS) is 11.0. The van der Waals surface area contributed by atoms with E-state index in [0.717, 1.165) is 6.42 Å². The van der Waals surface area contributed by atoms with Crippen LogP contribution in [0.3, 0.4) is 0 Å². The number of aryl methyl sites for hydroxylation is 1. The molecule has 0 bridgehead atoms. The molecule has 0 aliphatic carbocycles. The highest BCUT2D eigenvalue weighted by atomic mass is 14.5. The zero-order valence-electron chi connectivity index (χ0n) is 10.8. The molecular weight excluding hydrogens is 218 g/mol. The Balaban J connectivity index is 2.20. The van der Waals surface area contributed by atoms with Crippen molar-refractivity contribution in [1.82, 2.24) is 0 Å². The smallest absolute Gasteiger partial charge is 0.00425 e. The van der Waals surface area contributed by atoms with Gasteiger partial charge in [0.15, 0.2) is 0 Å². The van der Waals surface area contributed by atoms with E-state index >= 15 is 0 Å². The van der Waals surface area contributed by atoms with E-state index in [1.807, 2.05) is 0 Å². The van der Waals surface area contributed by atoms with Crippen molar-refractivity contribution in [3.8, 4) is 11.1 Å². The summed E-state index contributed by atoms with van der Waals surface area (Å²) < 4.78 is 0. The fourth-order valence-corrected chi connectivity index (χ4v) is 1.99. The summed E-state index contributed by atoms with van der Waals surface area (Å²) in [5.74, 6) is 0. The van der Waals surface area contributed by atoms with Crippen LogP contribution in [-0.2, 0) is 0 Å². The van der Waals surface area contributed by atoms with E-state index < -0.39 is 0 Å². The van der Waals surface area contributed by atoms with Crippen LogP contribution in [0.4, 0.5) is 0 Å². The molecule has 0 heterocycles. The average molecular weight is 237 g/mol. The van der Waals surface area contributed by atoms with Gasteiger partial charge in [0.2, 0.25) is 0 Å². The van der Waals surface area contributed by atoms with Crippen LogP contribution in [0.15, 0.2) is 54.6 Å². The second kappa shape index (κ2) is 6.18. The summed E-state index contributed by atoms with van der Waals surface area (Å²) in [6.45, 7) is 2.85. The second-order valence-electron chi connectivity index (χ2n) is 4.42. The first-order valence-electron chi connectivity index (χ1n) is 6.34. The Bertz CT molecular complexity index is 524. The molecule has 18 heavy (non-hydrogen) atoms. The molecule has 0 amide bonds. The summed E-state index contributed by atoms with van der Waals surface area (Å²) in [7, 11) is 0. The van der Waals surface area contributed by atoms with Gasteiger partial charge < -0.3 is 5.73 Å². The van der Waals surface area contributed by atoms with Crippen molar-refractivity contribution in [3.05, 3.63) is 65.7 Å². The van der Waals surface area contributed by atoms with E-state index in [1.165, 1.54) is 22.3 Å². The lowest BCUT2D eigenvalue weighted by Gasteiger charge is -2.05. The van der Waals surface area contributed by atoms with Crippen LogP contribution in [0.2, 0.25) is 0 Å². The molecule has 2 aromatic carbocycles. The number of hydrogen-bond acceptors (Lipinski definition) is 1. The van der Waals surface area contributed by atoms with Crippen LogP contribution in [0.25, 0.3) is 17.2 Å². The van der Waals surface area contributed by atoms with E-state index in [9.17, 15) is 0 Å². The maximum absolute atomic E-state index is 5.46. The van der Waals surface area contributed by atoms with Gasteiger partial charge in [0, 0.05) is 0 Å². The van der Waals surface area contributed by atoms with Crippen molar-refractivity contribution >= 4 is 6.08 Å². The Morgan fingerprint density at radius 2 is 1.72 bits per heavy atom. The topological polar surface area (TPSA) is 26.0 Å². The van der Waals surface area contributed by atoms with Crippen LogP contribution < -0.4 is 5.73 Å². The highest BCUT2D eigenvalue weighted by Crippen LogP contribution is 2.23. The molecule has 0 atom stereocenters. The average Bonchev–Trinajstić information content (AvgIpc) is 2.41. The largest absolute Gasteiger partial charge is 0.330 e. The van der Waals surface area contributed by atoms with E-state index in [-0.39, 0.29) is 0 Å². The minimum atomic E-state index is 0.706. The summed E-state index contributed by atoms with van der Waals surface area (Å²) in [5.41, 5.74) is 10.6. The molecule has 1 nitrogen and oxygen atoms in total. The van der Waals surface area contributed by atoms with Crippen LogP contribution in [0.1, 0.15) is 17.5 Å². The molecular formula is C17H19N. The second-order valence-corrected chi connectivity index (χ2v) is 4.42. The van der Waals surface area contributed by atoms with Crippen LogP contribution in [0.5, 0.6) is 0 Å². The summed E-state index contributed by atoms with van der Waals surface area (Å²) in [5, 5.41) is 0.